The number of nitrogens with zero attached hydrogens (tertiary/aromatic N) is 4. The van der Waals surface area contributed by atoms with Crippen molar-refractivity contribution in [1.29, 1.82) is 0 Å². The van der Waals surface area contributed by atoms with Gasteiger partial charge in [0.2, 0.25) is 11.8 Å². The van der Waals surface area contributed by atoms with Gasteiger partial charge in [-0.15, -0.1) is 0 Å². The molecule has 0 aliphatic carbocycles. The molecule has 2 heterocycles. The van der Waals surface area contributed by atoms with Gasteiger partial charge in [-0.1, -0.05) is 46.3 Å². The van der Waals surface area contributed by atoms with E-state index in [1.165, 1.54) is 25.0 Å². The molecule has 158 valence electrons. The fourth-order valence-electron chi connectivity index (χ4n) is 3.18. The van der Waals surface area contributed by atoms with Gasteiger partial charge in [-0.25, -0.2) is 4.68 Å². The van der Waals surface area contributed by atoms with Gasteiger partial charge in [0.1, 0.15) is 5.75 Å². The van der Waals surface area contributed by atoms with E-state index in [0.29, 0.717) is 28.8 Å². The molecule has 0 saturated carbocycles. The van der Waals surface area contributed by atoms with Crippen molar-refractivity contribution < 1.29 is 14.2 Å². The summed E-state index contributed by atoms with van der Waals surface area (Å²) in [6.45, 7) is 2.17. The van der Waals surface area contributed by atoms with Gasteiger partial charge in [0.15, 0.2) is 0 Å². The van der Waals surface area contributed by atoms with E-state index in [1.54, 1.807) is 12.1 Å². The maximum absolute atomic E-state index is 13.4. The summed E-state index contributed by atoms with van der Waals surface area (Å²) in [5.41, 5.74) is 1.37. The highest BCUT2D eigenvalue weighted by Gasteiger charge is 2.16. The predicted molar refractivity (Wildman–Crippen MR) is 119 cm³/mol. The Hall–Kier alpha value is -3.46. The lowest BCUT2D eigenvalue weighted by atomic mass is 10.1. The number of benzene rings is 2. The van der Waals surface area contributed by atoms with Crippen LogP contribution in [-0.2, 0) is 6.54 Å². The maximum Gasteiger partial charge on any atom is 0.328 e. The van der Waals surface area contributed by atoms with Crippen LogP contribution in [0.1, 0.15) is 11.3 Å². The van der Waals surface area contributed by atoms with Gasteiger partial charge in [0, 0.05) is 9.86 Å². The Morgan fingerprint density at radius 2 is 1.71 bits per heavy atom. The molecule has 0 radical (unpaired) electrons. The number of hydrogen-bond donors (Lipinski definition) is 0. The molecular weight excluding hydrogens is 464 g/mol. The molecule has 4 aromatic rings. The second-order valence-electron chi connectivity index (χ2n) is 6.66. The third-order valence-electron chi connectivity index (χ3n) is 4.69. The average molecular weight is 483 g/mol. The molecule has 0 fully saturated rings. The first-order valence-electron chi connectivity index (χ1n) is 9.39. The van der Waals surface area contributed by atoms with Gasteiger partial charge < -0.3 is 14.2 Å². The van der Waals surface area contributed by atoms with E-state index >= 15 is 0 Å². The molecule has 0 aliphatic heterocycles. The summed E-state index contributed by atoms with van der Waals surface area (Å²) in [6.07, 6.45) is 0. The molecule has 2 aromatic carbocycles. The van der Waals surface area contributed by atoms with Crippen molar-refractivity contribution in [3.05, 3.63) is 74.6 Å². The first-order chi connectivity index (χ1) is 15.0. The summed E-state index contributed by atoms with van der Waals surface area (Å²) >= 11 is 3.52. The van der Waals surface area contributed by atoms with E-state index in [-0.39, 0.29) is 23.3 Å². The minimum atomic E-state index is -0.276. The lowest BCUT2D eigenvalue weighted by Crippen LogP contribution is -2.25. The molecule has 4 rings (SSSR count). The monoisotopic (exact) mass is 482 g/mol. The number of halogens is 1. The van der Waals surface area contributed by atoms with Crippen LogP contribution in [0.25, 0.3) is 10.8 Å². The average Bonchev–Trinajstić information content (AvgIpc) is 2.78. The topological polar surface area (TPSA) is 88.4 Å². The molecule has 9 heteroatoms. The molecule has 0 unspecified atom stereocenters. The second-order valence-corrected chi connectivity index (χ2v) is 7.51. The lowest BCUT2D eigenvalue weighted by Gasteiger charge is -2.13. The summed E-state index contributed by atoms with van der Waals surface area (Å²) in [7, 11) is 2.97. The predicted octanol–water partition coefficient (Wildman–Crippen LogP) is 4.12. The Kier molecular flexibility index (Phi) is 5.85. The summed E-state index contributed by atoms with van der Waals surface area (Å²) in [4.78, 5) is 21.7. The number of ether oxygens (including phenoxy) is 3. The molecule has 0 saturated heterocycles. The molecule has 2 aromatic heterocycles. The number of methoxy groups -OCH3 is 2. The third kappa shape index (κ3) is 4.22. The number of hydrogen-bond acceptors (Lipinski definition) is 7. The number of aryl methyl sites for hydroxylation is 1. The smallest absolute Gasteiger partial charge is 0.328 e. The largest absolute Gasteiger partial charge is 0.481 e. The second kappa shape index (κ2) is 8.73. The minimum absolute atomic E-state index is 0.00918. The van der Waals surface area contributed by atoms with Crippen molar-refractivity contribution in [3.8, 4) is 23.5 Å². The Morgan fingerprint density at radius 1 is 1.00 bits per heavy atom. The molecule has 8 nitrogen and oxygen atoms in total. The molecule has 0 spiro atoms. The summed E-state index contributed by atoms with van der Waals surface area (Å²) in [6, 6.07) is 14.6. The van der Waals surface area contributed by atoms with Gasteiger partial charge in [0.25, 0.3) is 5.56 Å². The molecular formula is C22H19BrN4O4. The van der Waals surface area contributed by atoms with Gasteiger partial charge in [-0.2, -0.15) is 15.1 Å². The Morgan fingerprint density at radius 3 is 2.39 bits per heavy atom. The van der Waals surface area contributed by atoms with E-state index in [4.69, 9.17) is 14.2 Å². The van der Waals surface area contributed by atoms with Crippen molar-refractivity contribution in [3.63, 3.8) is 0 Å². The highest BCUT2D eigenvalue weighted by Crippen LogP contribution is 2.29. The summed E-state index contributed by atoms with van der Waals surface area (Å²) < 4.78 is 18.6. The Balaban J connectivity index is 1.83. The van der Waals surface area contributed by atoms with Crippen LogP contribution < -0.4 is 19.8 Å². The Bertz CT molecular complexity index is 1300. The van der Waals surface area contributed by atoms with Crippen LogP contribution >= 0.6 is 15.9 Å². The van der Waals surface area contributed by atoms with Crippen molar-refractivity contribution >= 4 is 26.7 Å². The standard InChI is InChI=1S/C22H19BrN4O4/c1-13-15-8-6-10-17(31-22-24-18(29-2)11-19(25-22)30-3)20(15)21(28)27(26-13)12-14-7-4-5-9-16(14)23/h4-11H,12H2,1-3H3. The summed E-state index contributed by atoms with van der Waals surface area (Å²) in [5, 5.41) is 5.59. The van der Waals surface area contributed by atoms with E-state index in [1.807, 2.05) is 37.3 Å². The van der Waals surface area contributed by atoms with Crippen LogP contribution in [0.2, 0.25) is 0 Å². The van der Waals surface area contributed by atoms with E-state index in [0.717, 1.165) is 10.0 Å². The number of rotatable bonds is 6. The number of aromatic nitrogens is 4. The van der Waals surface area contributed by atoms with Crippen molar-refractivity contribution in [2.75, 3.05) is 14.2 Å². The molecule has 0 amide bonds. The highest BCUT2D eigenvalue weighted by molar-refractivity contribution is 9.10. The van der Waals surface area contributed by atoms with E-state index in [2.05, 4.69) is 31.0 Å². The lowest BCUT2D eigenvalue weighted by molar-refractivity contribution is 0.348. The first kappa shape index (κ1) is 20.8. The first-order valence-corrected chi connectivity index (χ1v) is 10.2. The Labute approximate surface area is 186 Å². The van der Waals surface area contributed by atoms with Crippen LogP contribution in [0, 0.1) is 6.92 Å². The maximum atomic E-state index is 13.4. The summed E-state index contributed by atoms with van der Waals surface area (Å²) in [5.74, 6) is 0.890. The van der Waals surface area contributed by atoms with Gasteiger partial charge in [0.05, 0.1) is 37.9 Å². The normalized spacial score (nSPS) is 10.8. The fraction of sp³-hybridized carbons (Fsp3) is 0.182. The highest BCUT2D eigenvalue weighted by atomic mass is 79.9. The zero-order chi connectivity index (χ0) is 22.0. The quantitative estimate of drug-likeness (QED) is 0.408. The van der Waals surface area contributed by atoms with Crippen molar-refractivity contribution in [2.24, 2.45) is 0 Å². The fourth-order valence-corrected chi connectivity index (χ4v) is 3.59. The van der Waals surface area contributed by atoms with E-state index < -0.39 is 0 Å². The molecule has 0 aliphatic rings. The van der Waals surface area contributed by atoms with Crippen LogP contribution in [0.3, 0.4) is 0 Å². The van der Waals surface area contributed by atoms with Gasteiger partial charge in [-0.05, 0) is 24.6 Å². The molecule has 0 N–H and O–H groups in total. The zero-order valence-electron chi connectivity index (χ0n) is 17.1. The van der Waals surface area contributed by atoms with Crippen LogP contribution in [0.4, 0.5) is 0 Å². The minimum Gasteiger partial charge on any atom is -0.481 e. The molecule has 0 atom stereocenters. The van der Waals surface area contributed by atoms with Crippen molar-refractivity contribution in [2.45, 2.75) is 13.5 Å². The molecule has 0 bridgehead atoms. The van der Waals surface area contributed by atoms with Gasteiger partial charge >= 0.3 is 6.01 Å². The van der Waals surface area contributed by atoms with Crippen molar-refractivity contribution in [1.82, 2.24) is 19.7 Å². The zero-order valence-corrected chi connectivity index (χ0v) is 18.7. The molecule has 31 heavy (non-hydrogen) atoms. The van der Waals surface area contributed by atoms with Crippen LogP contribution in [0.5, 0.6) is 23.5 Å². The van der Waals surface area contributed by atoms with Crippen LogP contribution in [0.15, 0.2) is 57.8 Å². The van der Waals surface area contributed by atoms with Crippen LogP contribution in [-0.4, -0.2) is 34.0 Å². The van der Waals surface area contributed by atoms with Gasteiger partial charge in [-0.3, -0.25) is 4.79 Å². The van der Waals surface area contributed by atoms with E-state index in [9.17, 15) is 4.79 Å². The third-order valence-corrected chi connectivity index (χ3v) is 5.46. The number of fused-ring (bicyclic) bond motifs is 1. The SMILES string of the molecule is COc1cc(OC)nc(Oc2cccc3c(C)nn(Cc4ccccc4Br)c(=O)c23)n1.